The van der Waals surface area contributed by atoms with E-state index in [0.717, 1.165) is 0 Å². The molecule has 0 unspecified atom stereocenters. The number of hydrogen-bond acceptors (Lipinski definition) is 4. The predicted molar refractivity (Wildman–Crippen MR) is 50.9 cm³/mol. The lowest BCUT2D eigenvalue weighted by atomic mass is 10.4. The van der Waals surface area contributed by atoms with Crippen LogP contribution in [-0.4, -0.2) is 32.8 Å². The zero-order valence-electron chi connectivity index (χ0n) is 8.04. The van der Waals surface area contributed by atoms with Crippen LogP contribution < -0.4 is 4.74 Å². The van der Waals surface area contributed by atoms with Gasteiger partial charge in [-0.15, -0.1) is 10.2 Å². The lowest BCUT2D eigenvalue weighted by molar-refractivity contribution is -0.136. The van der Waals surface area contributed by atoms with Crippen LogP contribution in [0.2, 0.25) is 0 Å². The van der Waals surface area contributed by atoms with Gasteiger partial charge in [0, 0.05) is 6.20 Å². The summed E-state index contributed by atoms with van der Waals surface area (Å²) in [5, 5.41) is 16.3. The van der Waals surface area contributed by atoms with E-state index in [0.29, 0.717) is 17.2 Å². The van der Waals surface area contributed by atoms with Gasteiger partial charge in [0.15, 0.2) is 5.75 Å². The highest BCUT2D eigenvalue weighted by atomic mass is 16.5. The lowest BCUT2D eigenvalue weighted by Crippen LogP contribution is -2.04. The van der Waals surface area contributed by atoms with Crippen molar-refractivity contribution < 1.29 is 14.6 Å². The van der Waals surface area contributed by atoms with E-state index in [2.05, 4.69) is 10.2 Å². The summed E-state index contributed by atoms with van der Waals surface area (Å²) in [5.41, 5.74) is 0.524. The molecule has 78 valence electrons. The van der Waals surface area contributed by atoms with Gasteiger partial charge in [0.2, 0.25) is 5.65 Å². The van der Waals surface area contributed by atoms with Gasteiger partial charge in [0.1, 0.15) is 12.2 Å². The molecule has 0 aliphatic heterocycles. The molecular formula is C9H9N3O3. The van der Waals surface area contributed by atoms with Crippen molar-refractivity contribution in [3.8, 4) is 5.75 Å². The molecule has 2 aromatic rings. The Kier molecular flexibility index (Phi) is 2.24. The summed E-state index contributed by atoms with van der Waals surface area (Å²) in [6.07, 6.45) is 1.55. The van der Waals surface area contributed by atoms with Crippen LogP contribution in [0.25, 0.3) is 5.65 Å². The minimum atomic E-state index is -0.938. The minimum Gasteiger partial charge on any atom is -0.493 e. The van der Waals surface area contributed by atoms with Crippen molar-refractivity contribution in [3.05, 3.63) is 24.2 Å². The molecule has 0 aromatic carbocycles. The normalized spacial score (nSPS) is 10.5. The number of aliphatic carboxylic acids is 1. The van der Waals surface area contributed by atoms with E-state index >= 15 is 0 Å². The molecule has 6 heteroatoms. The summed E-state index contributed by atoms with van der Waals surface area (Å²) in [4.78, 5) is 10.6. The maximum Gasteiger partial charge on any atom is 0.311 e. The maximum absolute atomic E-state index is 10.6. The molecule has 0 amide bonds. The number of aromatic nitrogens is 3. The van der Waals surface area contributed by atoms with Gasteiger partial charge < -0.3 is 9.84 Å². The summed E-state index contributed by atoms with van der Waals surface area (Å²) in [5.74, 6) is 0.0187. The van der Waals surface area contributed by atoms with Crippen molar-refractivity contribution in [2.45, 2.75) is 6.42 Å². The van der Waals surface area contributed by atoms with E-state index in [1.165, 1.54) is 7.11 Å². The Balaban J connectivity index is 2.55. The van der Waals surface area contributed by atoms with Gasteiger partial charge in [0.05, 0.1) is 7.11 Å². The molecule has 2 aromatic heterocycles. The molecule has 0 aliphatic carbocycles. The number of carbonyl (C=O) groups is 1. The number of carboxylic acid groups (broad SMARTS) is 1. The van der Waals surface area contributed by atoms with E-state index < -0.39 is 5.97 Å². The fourth-order valence-electron chi connectivity index (χ4n) is 1.35. The van der Waals surface area contributed by atoms with Crippen molar-refractivity contribution >= 4 is 11.6 Å². The largest absolute Gasteiger partial charge is 0.493 e. The highest BCUT2D eigenvalue weighted by Gasteiger charge is 2.11. The Hall–Kier alpha value is -2.11. The standard InChI is InChI=1S/C9H9N3O3/c1-15-6-3-2-4-12-7(5-8(13)14)10-11-9(6)12/h2-4H,5H2,1H3,(H,13,14). The number of pyridine rings is 1. The maximum atomic E-state index is 10.6. The van der Waals surface area contributed by atoms with Crippen LogP contribution in [0.5, 0.6) is 5.75 Å². The molecule has 0 radical (unpaired) electrons. The zero-order chi connectivity index (χ0) is 10.8. The van der Waals surface area contributed by atoms with Crippen LogP contribution >= 0.6 is 0 Å². The Labute approximate surface area is 85.1 Å². The number of methoxy groups -OCH3 is 1. The first-order valence-electron chi connectivity index (χ1n) is 4.31. The van der Waals surface area contributed by atoms with Crippen LogP contribution in [0.15, 0.2) is 18.3 Å². The van der Waals surface area contributed by atoms with Crippen molar-refractivity contribution in [2.75, 3.05) is 7.11 Å². The fourth-order valence-corrected chi connectivity index (χ4v) is 1.35. The highest BCUT2D eigenvalue weighted by molar-refractivity contribution is 5.69. The van der Waals surface area contributed by atoms with Crippen molar-refractivity contribution in [1.82, 2.24) is 14.6 Å². The van der Waals surface area contributed by atoms with Gasteiger partial charge in [-0.25, -0.2) is 0 Å². The first kappa shape index (κ1) is 9.45. The Morgan fingerprint density at radius 3 is 3.07 bits per heavy atom. The summed E-state index contributed by atoms with van der Waals surface area (Å²) < 4.78 is 6.68. The molecule has 2 heterocycles. The van der Waals surface area contributed by atoms with Crippen LogP contribution in [0.1, 0.15) is 5.82 Å². The minimum absolute atomic E-state index is 0.158. The first-order chi connectivity index (χ1) is 7.22. The van der Waals surface area contributed by atoms with Crippen molar-refractivity contribution in [3.63, 3.8) is 0 Å². The van der Waals surface area contributed by atoms with Crippen molar-refractivity contribution in [2.24, 2.45) is 0 Å². The molecule has 0 atom stereocenters. The average molecular weight is 207 g/mol. The number of fused-ring (bicyclic) bond motifs is 1. The predicted octanol–water partition coefficient (Wildman–Crippen LogP) is 0.365. The second kappa shape index (κ2) is 3.56. The quantitative estimate of drug-likeness (QED) is 0.786. The van der Waals surface area contributed by atoms with E-state index in [1.54, 1.807) is 22.7 Å². The Morgan fingerprint density at radius 1 is 1.60 bits per heavy atom. The van der Waals surface area contributed by atoms with Crippen LogP contribution in [0.3, 0.4) is 0 Å². The molecule has 0 saturated heterocycles. The van der Waals surface area contributed by atoms with Gasteiger partial charge in [-0.2, -0.15) is 0 Å². The molecule has 6 nitrogen and oxygen atoms in total. The number of hydrogen-bond donors (Lipinski definition) is 1. The Morgan fingerprint density at radius 2 is 2.40 bits per heavy atom. The molecule has 0 aliphatic rings. The summed E-state index contributed by atoms with van der Waals surface area (Å²) in [6.45, 7) is 0. The van der Waals surface area contributed by atoms with Gasteiger partial charge >= 0.3 is 5.97 Å². The van der Waals surface area contributed by atoms with Gasteiger partial charge in [-0.1, -0.05) is 0 Å². The van der Waals surface area contributed by atoms with E-state index in [4.69, 9.17) is 9.84 Å². The molecule has 0 fully saturated rings. The van der Waals surface area contributed by atoms with Crippen molar-refractivity contribution in [1.29, 1.82) is 0 Å². The molecule has 0 bridgehead atoms. The van der Waals surface area contributed by atoms with Gasteiger partial charge in [-0.3, -0.25) is 9.20 Å². The molecule has 2 rings (SSSR count). The number of rotatable bonds is 3. The second-order valence-electron chi connectivity index (χ2n) is 2.96. The fraction of sp³-hybridized carbons (Fsp3) is 0.222. The van der Waals surface area contributed by atoms with E-state index in [-0.39, 0.29) is 6.42 Å². The molecule has 0 spiro atoms. The summed E-state index contributed by atoms with van der Waals surface area (Å²) in [6, 6.07) is 3.50. The first-order valence-corrected chi connectivity index (χ1v) is 4.31. The molecule has 1 N–H and O–H groups in total. The molecular weight excluding hydrogens is 198 g/mol. The summed E-state index contributed by atoms with van der Waals surface area (Å²) >= 11 is 0. The number of ether oxygens (including phenoxy) is 1. The Bertz CT molecular complexity index is 506. The second-order valence-corrected chi connectivity index (χ2v) is 2.96. The monoisotopic (exact) mass is 207 g/mol. The van der Waals surface area contributed by atoms with Crippen LogP contribution in [0.4, 0.5) is 0 Å². The number of nitrogens with zero attached hydrogens (tertiary/aromatic N) is 3. The molecule has 15 heavy (non-hydrogen) atoms. The van der Waals surface area contributed by atoms with Crippen LogP contribution in [-0.2, 0) is 11.2 Å². The van der Waals surface area contributed by atoms with E-state index in [1.807, 2.05) is 0 Å². The van der Waals surface area contributed by atoms with E-state index in [9.17, 15) is 4.79 Å². The molecule has 0 saturated carbocycles. The lowest BCUT2D eigenvalue weighted by Gasteiger charge is -2.01. The average Bonchev–Trinajstić information content (AvgIpc) is 2.61. The van der Waals surface area contributed by atoms with Gasteiger partial charge in [-0.05, 0) is 12.1 Å². The zero-order valence-corrected chi connectivity index (χ0v) is 8.04. The number of carboxylic acids is 1. The van der Waals surface area contributed by atoms with Crippen LogP contribution in [0, 0.1) is 0 Å². The topological polar surface area (TPSA) is 76.7 Å². The SMILES string of the molecule is COc1cccn2c(CC(=O)O)nnc12. The smallest absolute Gasteiger partial charge is 0.311 e. The highest BCUT2D eigenvalue weighted by Crippen LogP contribution is 2.17. The third-order valence-electron chi connectivity index (χ3n) is 2.00. The third-order valence-corrected chi connectivity index (χ3v) is 2.00. The third kappa shape index (κ3) is 1.61. The van der Waals surface area contributed by atoms with Gasteiger partial charge in [0.25, 0.3) is 0 Å². The summed E-state index contributed by atoms with van der Waals surface area (Å²) in [7, 11) is 1.53.